The maximum atomic E-state index is 12.9. The normalized spacial score (nSPS) is 17.7. The lowest BCUT2D eigenvalue weighted by atomic mass is 10.1. The third-order valence-corrected chi connectivity index (χ3v) is 6.76. The Kier molecular flexibility index (Phi) is 8.39. The highest BCUT2D eigenvalue weighted by Gasteiger charge is 2.33. The van der Waals surface area contributed by atoms with Gasteiger partial charge in [0.1, 0.15) is 5.01 Å². The number of carbonyl (C=O) groups is 2. The monoisotopic (exact) mass is 529 g/mol. The molecule has 3 heterocycles. The molecule has 2 saturated heterocycles. The number of rotatable bonds is 8. The lowest BCUT2D eigenvalue weighted by molar-refractivity contribution is -0.274. The Morgan fingerprint density at radius 1 is 1.17 bits per heavy atom. The fraction of sp³-hybridized carbons (Fsp3) is 0.545. The number of Topliss-reactive ketones (excluding diaryl/α,β-unsaturated/α-hetero) is 1. The molecule has 0 bridgehead atoms. The van der Waals surface area contributed by atoms with Crippen molar-refractivity contribution in [1.29, 1.82) is 0 Å². The summed E-state index contributed by atoms with van der Waals surface area (Å²) in [4.78, 5) is 29.2. The van der Waals surface area contributed by atoms with Crippen LogP contribution in [0.5, 0.6) is 5.75 Å². The Balaban J connectivity index is 1.45. The van der Waals surface area contributed by atoms with Gasteiger partial charge in [-0.3, -0.25) is 14.5 Å². The molecule has 4 rings (SSSR count). The summed E-state index contributed by atoms with van der Waals surface area (Å²) in [5.41, 5.74) is -0.148. The van der Waals surface area contributed by atoms with E-state index in [2.05, 4.69) is 20.3 Å². The number of amides is 1. The Bertz CT molecular complexity index is 1070. The van der Waals surface area contributed by atoms with Gasteiger partial charge in [0.25, 0.3) is 0 Å². The van der Waals surface area contributed by atoms with E-state index in [1.807, 2.05) is 9.80 Å². The summed E-state index contributed by atoms with van der Waals surface area (Å²) in [6.07, 6.45) is -4.15. The number of morpholine rings is 1. The summed E-state index contributed by atoms with van der Waals surface area (Å²) >= 11 is 1.25. The third kappa shape index (κ3) is 7.35. The topological polar surface area (TPSA) is 117 Å². The van der Waals surface area contributed by atoms with E-state index in [4.69, 9.17) is 4.74 Å². The molecule has 1 aromatic heterocycles. The Morgan fingerprint density at radius 3 is 2.58 bits per heavy atom. The van der Waals surface area contributed by atoms with E-state index in [1.54, 1.807) is 0 Å². The molecule has 14 heteroatoms. The summed E-state index contributed by atoms with van der Waals surface area (Å²) in [5.74, 6) is -1.54. The molecule has 0 aliphatic carbocycles. The summed E-state index contributed by atoms with van der Waals surface area (Å²) in [6, 6.07) is 3.40. The maximum Gasteiger partial charge on any atom is 0.573 e. The van der Waals surface area contributed by atoms with Gasteiger partial charge in [-0.05, 0) is 31.0 Å². The van der Waals surface area contributed by atoms with E-state index in [0.29, 0.717) is 62.4 Å². The van der Waals surface area contributed by atoms with Crippen LogP contribution in [0, 0.1) is 0 Å². The molecular weight excluding hydrogens is 503 g/mol. The van der Waals surface area contributed by atoms with Crippen molar-refractivity contribution in [2.75, 3.05) is 56.2 Å². The number of hydrogen-bond donors (Lipinski definition) is 2. The van der Waals surface area contributed by atoms with Crippen LogP contribution in [0.25, 0.3) is 0 Å². The van der Waals surface area contributed by atoms with Gasteiger partial charge in [0.15, 0.2) is 11.5 Å². The fourth-order valence-electron chi connectivity index (χ4n) is 3.91. The van der Waals surface area contributed by atoms with E-state index < -0.39 is 23.8 Å². The van der Waals surface area contributed by atoms with Gasteiger partial charge in [-0.2, -0.15) is 0 Å². The van der Waals surface area contributed by atoms with Gasteiger partial charge >= 0.3 is 6.36 Å². The summed E-state index contributed by atoms with van der Waals surface area (Å²) in [6.45, 7) is 3.23. The van der Waals surface area contributed by atoms with Crippen LogP contribution in [0.3, 0.4) is 0 Å². The second-order valence-corrected chi connectivity index (χ2v) is 9.53. The lowest BCUT2D eigenvalue weighted by Gasteiger charge is -2.28. The number of anilines is 2. The average Bonchev–Trinajstić information content (AvgIpc) is 3.28. The minimum absolute atomic E-state index is 0.0336. The number of aromatic nitrogens is 2. The molecule has 196 valence electrons. The van der Waals surface area contributed by atoms with Crippen LogP contribution in [0.1, 0.15) is 28.2 Å². The van der Waals surface area contributed by atoms with E-state index >= 15 is 0 Å². The molecule has 0 unspecified atom stereocenters. The molecule has 2 aliphatic heterocycles. The van der Waals surface area contributed by atoms with Crippen molar-refractivity contribution in [1.82, 2.24) is 15.1 Å². The number of carbonyl (C=O) groups excluding carboxylic acids is 2. The summed E-state index contributed by atoms with van der Waals surface area (Å²) in [7, 11) is 0. The molecule has 1 aromatic carbocycles. The van der Waals surface area contributed by atoms with Crippen molar-refractivity contribution >= 4 is 33.8 Å². The minimum Gasteiger partial charge on any atom is -0.404 e. The van der Waals surface area contributed by atoms with Gasteiger partial charge in [0.2, 0.25) is 11.0 Å². The molecule has 0 radical (unpaired) electrons. The SMILES string of the molecule is O=C(CN1CCOCC1)Nc1cc(C(=O)Cc2nnc(N3CCC(O)CC3)s2)ccc1OC(F)(F)F. The van der Waals surface area contributed by atoms with E-state index in [0.717, 1.165) is 6.07 Å². The van der Waals surface area contributed by atoms with E-state index in [1.165, 1.54) is 23.5 Å². The van der Waals surface area contributed by atoms with Crippen molar-refractivity contribution in [2.45, 2.75) is 31.7 Å². The van der Waals surface area contributed by atoms with Crippen LogP contribution >= 0.6 is 11.3 Å². The highest BCUT2D eigenvalue weighted by Crippen LogP contribution is 2.32. The number of aliphatic hydroxyl groups excluding tert-OH is 1. The summed E-state index contributed by atoms with van der Waals surface area (Å²) in [5, 5.41) is 21.4. The van der Waals surface area contributed by atoms with Crippen LogP contribution < -0.4 is 15.0 Å². The van der Waals surface area contributed by atoms with Crippen molar-refractivity contribution in [3.8, 4) is 5.75 Å². The molecule has 1 amide bonds. The minimum atomic E-state index is -4.97. The average molecular weight is 530 g/mol. The number of ether oxygens (including phenoxy) is 2. The Labute approximate surface area is 209 Å². The van der Waals surface area contributed by atoms with Crippen LogP contribution in [-0.4, -0.2) is 90.3 Å². The van der Waals surface area contributed by atoms with Crippen LogP contribution in [0.4, 0.5) is 24.0 Å². The van der Waals surface area contributed by atoms with Gasteiger partial charge in [-0.1, -0.05) is 11.3 Å². The first-order chi connectivity index (χ1) is 17.2. The first-order valence-corrected chi connectivity index (χ1v) is 12.3. The van der Waals surface area contributed by atoms with Crippen LogP contribution in [-0.2, 0) is 16.0 Å². The number of aliphatic hydroxyl groups is 1. The Hall–Kier alpha value is -2.81. The zero-order valence-electron chi connectivity index (χ0n) is 19.3. The number of alkyl halides is 3. The fourth-order valence-corrected chi connectivity index (χ4v) is 4.80. The molecular formula is C22H26F3N5O5S. The molecule has 36 heavy (non-hydrogen) atoms. The smallest absolute Gasteiger partial charge is 0.404 e. The molecule has 0 atom stereocenters. The van der Waals surface area contributed by atoms with Crippen LogP contribution in [0.15, 0.2) is 18.2 Å². The van der Waals surface area contributed by atoms with Crippen molar-refractivity contribution < 1.29 is 37.3 Å². The first kappa shape index (κ1) is 26.3. The second-order valence-electron chi connectivity index (χ2n) is 8.49. The number of piperidine rings is 1. The van der Waals surface area contributed by atoms with Crippen molar-refractivity contribution in [3.63, 3.8) is 0 Å². The molecule has 0 saturated carbocycles. The van der Waals surface area contributed by atoms with Crippen molar-refractivity contribution in [2.24, 2.45) is 0 Å². The lowest BCUT2D eigenvalue weighted by Crippen LogP contribution is -2.41. The summed E-state index contributed by atoms with van der Waals surface area (Å²) < 4.78 is 48.0. The predicted octanol–water partition coefficient (Wildman–Crippen LogP) is 2.09. The molecule has 2 fully saturated rings. The quantitative estimate of drug-likeness (QED) is 0.496. The zero-order valence-corrected chi connectivity index (χ0v) is 20.1. The predicted molar refractivity (Wildman–Crippen MR) is 124 cm³/mol. The molecule has 2 aliphatic rings. The van der Waals surface area contributed by atoms with Crippen molar-refractivity contribution in [3.05, 3.63) is 28.8 Å². The van der Waals surface area contributed by atoms with Gasteiger partial charge in [0.05, 0.1) is 38.0 Å². The Morgan fingerprint density at radius 2 is 1.89 bits per heavy atom. The second kappa shape index (κ2) is 11.5. The molecule has 10 nitrogen and oxygen atoms in total. The standard InChI is InChI=1S/C22H26F3N5O5S/c23-22(24,25)35-18-2-1-14(11-16(18)26-19(33)13-29-7-9-34-10-8-29)17(32)12-20-27-28-21(36-20)30-5-3-15(31)4-6-30/h1-2,11,15,31H,3-10,12-13H2,(H,26,33). The molecule has 2 N–H and O–H groups in total. The number of benzene rings is 1. The highest BCUT2D eigenvalue weighted by molar-refractivity contribution is 7.15. The largest absolute Gasteiger partial charge is 0.573 e. The third-order valence-electron chi connectivity index (χ3n) is 5.78. The first-order valence-electron chi connectivity index (χ1n) is 11.4. The maximum absolute atomic E-state index is 12.9. The van der Waals surface area contributed by atoms with Crippen LogP contribution in [0.2, 0.25) is 0 Å². The highest BCUT2D eigenvalue weighted by atomic mass is 32.1. The number of nitrogens with one attached hydrogen (secondary N) is 1. The number of hydrogen-bond acceptors (Lipinski definition) is 10. The zero-order chi connectivity index (χ0) is 25.7. The van der Waals surface area contributed by atoms with Gasteiger partial charge in [-0.25, -0.2) is 0 Å². The number of halogens is 3. The number of nitrogens with zero attached hydrogens (tertiary/aromatic N) is 4. The number of ketones is 1. The van der Waals surface area contributed by atoms with Gasteiger partial charge in [0, 0.05) is 31.7 Å². The van der Waals surface area contributed by atoms with E-state index in [-0.39, 0.29) is 30.3 Å². The van der Waals surface area contributed by atoms with E-state index in [9.17, 15) is 27.9 Å². The van der Waals surface area contributed by atoms with Gasteiger partial charge < -0.3 is 24.8 Å². The molecule has 0 spiro atoms. The molecule has 2 aromatic rings. The van der Waals surface area contributed by atoms with Gasteiger partial charge in [-0.15, -0.1) is 23.4 Å².